The van der Waals surface area contributed by atoms with Gasteiger partial charge in [-0.1, -0.05) is 11.6 Å². The summed E-state index contributed by atoms with van der Waals surface area (Å²) in [6, 6.07) is 6.25. The van der Waals surface area contributed by atoms with Crippen molar-refractivity contribution in [1.29, 1.82) is 0 Å². The van der Waals surface area contributed by atoms with Crippen LogP contribution in [-0.2, 0) is 0 Å². The maximum Gasteiger partial charge on any atom is 0.387 e. The van der Waals surface area contributed by atoms with Crippen molar-refractivity contribution < 1.29 is 13.5 Å². The molecule has 1 aliphatic carbocycles. The highest BCUT2D eigenvalue weighted by atomic mass is 32.1. The molecule has 2 N–H and O–H groups in total. The molecule has 0 heterocycles. The Morgan fingerprint density at radius 1 is 1.23 bits per heavy atom. The Morgan fingerprint density at radius 2 is 2.00 bits per heavy atom. The molecule has 0 radical (unpaired) electrons. The van der Waals surface area contributed by atoms with Crippen molar-refractivity contribution in [2.24, 2.45) is 0 Å². The lowest BCUT2D eigenvalue weighted by Gasteiger charge is -2.14. The molecule has 0 atom stereocenters. The Hall–Kier alpha value is -1.69. The fourth-order valence-corrected chi connectivity index (χ4v) is 2.58. The van der Waals surface area contributed by atoms with Crippen LogP contribution in [0.2, 0.25) is 0 Å². The minimum Gasteiger partial charge on any atom is -0.435 e. The topological polar surface area (TPSA) is 33.3 Å². The Balaban J connectivity index is 1.71. The van der Waals surface area contributed by atoms with Gasteiger partial charge in [-0.05, 0) is 68.6 Å². The zero-order chi connectivity index (χ0) is 15.8. The predicted octanol–water partition coefficient (Wildman–Crippen LogP) is 4.46. The van der Waals surface area contributed by atoms with Crippen molar-refractivity contribution in [2.75, 3.05) is 11.9 Å². The molecule has 0 aliphatic heterocycles. The quantitative estimate of drug-likeness (QED) is 0.597. The molecule has 6 heteroatoms. The average molecular weight is 326 g/mol. The van der Waals surface area contributed by atoms with E-state index in [9.17, 15) is 8.78 Å². The summed E-state index contributed by atoms with van der Waals surface area (Å²) >= 11 is 5.21. The van der Waals surface area contributed by atoms with Gasteiger partial charge < -0.3 is 15.4 Å². The van der Waals surface area contributed by atoms with E-state index < -0.39 is 6.61 Å². The number of hydrogen-bond acceptors (Lipinski definition) is 2. The zero-order valence-corrected chi connectivity index (χ0v) is 13.1. The predicted molar refractivity (Wildman–Crippen MR) is 88.5 cm³/mol. The van der Waals surface area contributed by atoms with Gasteiger partial charge in [0.1, 0.15) is 5.75 Å². The van der Waals surface area contributed by atoms with Gasteiger partial charge in [0, 0.05) is 12.2 Å². The van der Waals surface area contributed by atoms with Crippen LogP contribution in [0.1, 0.15) is 32.1 Å². The molecule has 22 heavy (non-hydrogen) atoms. The maximum atomic E-state index is 12.1. The van der Waals surface area contributed by atoms with Crippen LogP contribution in [0.5, 0.6) is 5.75 Å². The molecule has 0 aromatic heterocycles. The molecule has 1 aromatic rings. The number of ether oxygens (including phenoxy) is 1. The van der Waals surface area contributed by atoms with Crippen LogP contribution in [-0.4, -0.2) is 18.3 Å². The van der Waals surface area contributed by atoms with Crippen LogP contribution >= 0.6 is 12.2 Å². The maximum absolute atomic E-state index is 12.1. The number of anilines is 1. The second-order valence-electron chi connectivity index (χ2n) is 5.14. The Labute approximate surface area is 134 Å². The molecule has 0 bridgehead atoms. The summed E-state index contributed by atoms with van der Waals surface area (Å²) in [5, 5.41) is 6.70. The van der Waals surface area contributed by atoms with Gasteiger partial charge in [-0.15, -0.1) is 0 Å². The van der Waals surface area contributed by atoms with E-state index in [1.807, 2.05) is 0 Å². The van der Waals surface area contributed by atoms with Crippen LogP contribution in [0, 0.1) is 0 Å². The third-order valence-corrected chi connectivity index (χ3v) is 3.70. The summed E-state index contributed by atoms with van der Waals surface area (Å²) in [6.07, 6.45) is 8.27. The van der Waals surface area contributed by atoms with Gasteiger partial charge in [0.15, 0.2) is 5.11 Å². The van der Waals surface area contributed by atoms with Crippen LogP contribution in [0.15, 0.2) is 35.9 Å². The average Bonchev–Trinajstić information content (AvgIpc) is 2.50. The van der Waals surface area contributed by atoms with E-state index in [1.165, 1.54) is 43.4 Å². The first-order valence-electron chi connectivity index (χ1n) is 7.41. The fourth-order valence-electron chi connectivity index (χ4n) is 2.36. The van der Waals surface area contributed by atoms with Crippen molar-refractivity contribution in [3.63, 3.8) is 0 Å². The van der Waals surface area contributed by atoms with E-state index in [-0.39, 0.29) is 5.75 Å². The second kappa shape index (κ2) is 8.68. The number of halogens is 2. The lowest BCUT2D eigenvalue weighted by Crippen LogP contribution is -2.29. The fraction of sp³-hybridized carbons (Fsp3) is 0.438. The van der Waals surface area contributed by atoms with E-state index in [2.05, 4.69) is 21.4 Å². The molecule has 2 rings (SSSR count). The molecule has 0 spiro atoms. The van der Waals surface area contributed by atoms with Gasteiger partial charge in [0.05, 0.1) is 0 Å². The monoisotopic (exact) mass is 326 g/mol. The summed E-state index contributed by atoms with van der Waals surface area (Å²) in [5.74, 6) is 0.128. The van der Waals surface area contributed by atoms with E-state index in [4.69, 9.17) is 12.2 Å². The summed E-state index contributed by atoms with van der Waals surface area (Å²) in [6.45, 7) is -2.01. The van der Waals surface area contributed by atoms with Crippen molar-refractivity contribution >= 4 is 23.0 Å². The van der Waals surface area contributed by atoms with Gasteiger partial charge in [0.25, 0.3) is 0 Å². The summed E-state index contributed by atoms with van der Waals surface area (Å²) < 4.78 is 28.4. The molecule has 0 fully saturated rings. The number of nitrogens with one attached hydrogen (secondary N) is 2. The first kappa shape index (κ1) is 16.7. The number of rotatable bonds is 6. The smallest absolute Gasteiger partial charge is 0.387 e. The number of alkyl halides is 2. The highest BCUT2D eigenvalue weighted by Gasteiger charge is 2.05. The van der Waals surface area contributed by atoms with Gasteiger partial charge in [0.2, 0.25) is 0 Å². The lowest BCUT2D eigenvalue weighted by atomic mass is 9.97. The SMILES string of the molecule is FC(F)Oc1ccc(NC(=S)NCCC2=CCCCC2)cc1. The number of benzene rings is 1. The minimum absolute atomic E-state index is 0.128. The normalized spacial score (nSPS) is 14.4. The standard InChI is InChI=1S/C16H20F2N2OS/c17-15(18)21-14-8-6-13(7-9-14)20-16(22)19-11-10-12-4-2-1-3-5-12/h4,6-9,15H,1-3,5,10-11H2,(H2,19,20,22). The Kier molecular flexibility index (Phi) is 6.58. The highest BCUT2D eigenvalue weighted by Crippen LogP contribution is 2.20. The molecule has 0 unspecified atom stereocenters. The molecular formula is C16H20F2N2OS. The molecule has 0 saturated heterocycles. The van der Waals surface area contributed by atoms with E-state index in [0.29, 0.717) is 5.11 Å². The van der Waals surface area contributed by atoms with Crippen molar-refractivity contribution in [2.45, 2.75) is 38.7 Å². The highest BCUT2D eigenvalue weighted by molar-refractivity contribution is 7.80. The molecule has 0 saturated carbocycles. The molecular weight excluding hydrogens is 306 g/mol. The van der Waals surface area contributed by atoms with E-state index in [1.54, 1.807) is 12.1 Å². The van der Waals surface area contributed by atoms with Gasteiger partial charge in [-0.25, -0.2) is 0 Å². The summed E-state index contributed by atoms with van der Waals surface area (Å²) in [7, 11) is 0. The van der Waals surface area contributed by atoms with Gasteiger partial charge in [-0.2, -0.15) is 8.78 Å². The van der Waals surface area contributed by atoms with Crippen LogP contribution < -0.4 is 15.4 Å². The van der Waals surface area contributed by atoms with Crippen molar-refractivity contribution in [3.05, 3.63) is 35.9 Å². The second-order valence-corrected chi connectivity index (χ2v) is 5.55. The van der Waals surface area contributed by atoms with Crippen LogP contribution in [0.25, 0.3) is 0 Å². The Morgan fingerprint density at radius 3 is 2.64 bits per heavy atom. The lowest BCUT2D eigenvalue weighted by molar-refractivity contribution is -0.0498. The first-order chi connectivity index (χ1) is 10.6. The summed E-state index contributed by atoms with van der Waals surface area (Å²) in [5.41, 5.74) is 2.23. The van der Waals surface area contributed by atoms with Gasteiger partial charge >= 0.3 is 6.61 Å². The van der Waals surface area contributed by atoms with E-state index in [0.717, 1.165) is 18.7 Å². The van der Waals surface area contributed by atoms with Gasteiger partial charge in [-0.3, -0.25) is 0 Å². The van der Waals surface area contributed by atoms with E-state index >= 15 is 0 Å². The van der Waals surface area contributed by atoms with Crippen molar-refractivity contribution in [3.8, 4) is 5.75 Å². The van der Waals surface area contributed by atoms with Crippen molar-refractivity contribution in [1.82, 2.24) is 5.32 Å². The number of hydrogen-bond donors (Lipinski definition) is 2. The zero-order valence-electron chi connectivity index (χ0n) is 12.3. The molecule has 3 nitrogen and oxygen atoms in total. The molecule has 120 valence electrons. The molecule has 1 aromatic carbocycles. The van der Waals surface area contributed by atoms with Crippen LogP contribution in [0.3, 0.4) is 0 Å². The minimum atomic E-state index is -2.81. The number of allylic oxidation sites excluding steroid dienone is 1. The van der Waals surface area contributed by atoms with Crippen LogP contribution in [0.4, 0.5) is 14.5 Å². The number of thiocarbonyl (C=S) groups is 1. The molecule has 0 amide bonds. The first-order valence-corrected chi connectivity index (χ1v) is 7.82. The largest absolute Gasteiger partial charge is 0.435 e. The Bertz CT molecular complexity index is 517. The molecule has 1 aliphatic rings. The summed E-state index contributed by atoms with van der Waals surface area (Å²) in [4.78, 5) is 0. The third-order valence-electron chi connectivity index (χ3n) is 3.45. The third kappa shape index (κ3) is 5.97.